The lowest BCUT2D eigenvalue weighted by Crippen LogP contribution is -2.42. The third-order valence-electron chi connectivity index (χ3n) is 4.53. The predicted molar refractivity (Wildman–Crippen MR) is 78.6 cm³/mol. The van der Waals surface area contributed by atoms with Gasteiger partial charge < -0.3 is 5.32 Å². The highest BCUT2D eigenvalue weighted by Gasteiger charge is 2.35. The summed E-state index contributed by atoms with van der Waals surface area (Å²) in [5.41, 5.74) is 1.76. The fourth-order valence-electron chi connectivity index (χ4n) is 3.52. The molecule has 1 aromatic carbocycles. The van der Waals surface area contributed by atoms with Crippen molar-refractivity contribution in [2.24, 2.45) is 0 Å². The van der Waals surface area contributed by atoms with Gasteiger partial charge in [0, 0.05) is 18.6 Å². The fourth-order valence-corrected chi connectivity index (χ4v) is 3.52. The quantitative estimate of drug-likeness (QED) is 0.904. The summed E-state index contributed by atoms with van der Waals surface area (Å²) in [7, 11) is 0. The van der Waals surface area contributed by atoms with Crippen LogP contribution in [0.1, 0.15) is 25.7 Å². The van der Waals surface area contributed by atoms with Gasteiger partial charge in [-0.15, -0.1) is 10.2 Å². The van der Waals surface area contributed by atoms with E-state index < -0.39 is 0 Å². The minimum atomic E-state index is 0.471. The molecule has 0 spiro atoms. The Labute approximate surface area is 118 Å². The molecule has 2 saturated heterocycles. The Bertz CT molecular complexity index is 614. The van der Waals surface area contributed by atoms with Crippen molar-refractivity contribution in [2.45, 2.75) is 37.8 Å². The Hall–Kier alpha value is -1.75. The SMILES string of the molecule is c1ccc2nc(NC3CCN4CCCCC34)nnc2c1. The molecule has 3 heterocycles. The molecule has 1 N–H and O–H groups in total. The number of nitrogens with one attached hydrogen (secondary N) is 1. The van der Waals surface area contributed by atoms with Crippen LogP contribution in [0.15, 0.2) is 24.3 Å². The van der Waals surface area contributed by atoms with Crippen LogP contribution in [0, 0.1) is 0 Å². The van der Waals surface area contributed by atoms with Gasteiger partial charge in [0.2, 0.25) is 5.95 Å². The average Bonchev–Trinajstić information content (AvgIpc) is 2.91. The van der Waals surface area contributed by atoms with E-state index >= 15 is 0 Å². The molecule has 2 aliphatic rings. The summed E-state index contributed by atoms with van der Waals surface area (Å²) in [6.07, 6.45) is 5.16. The number of benzene rings is 1. The average molecular weight is 269 g/mol. The van der Waals surface area contributed by atoms with Crippen molar-refractivity contribution < 1.29 is 0 Å². The lowest BCUT2D eigenvalue weighted by atomic mass is 9.99. The van der Waals surface area contributed by atoms with Crippen molar-refractivity contribution in [1.29, 1.82) is 0 Å². The van der Waals surface area contributed by atoms with Crippen LogP contribution in [-0.4, -0.2) is 45.3 Å². The van der Waals surface area contributed by atoms with E-state index in [4.69, 9.17) is 0 Å². The first-order chi connectivity index (χ1) is 9.90. The molecular weight excluding hydrogens is 250 g/mol. The fraction of sp³-hybridized carbons (Fsp3) is 0.533. The van der Waals surface area contributed by atoms with Crippen molar-refractivity contribution in [1.82, 2.24) is 20.1 Å². The van der Waals surface area contributed by atoms with Gasteiger partial charge >= 0.3 is 0 Å². The second-order valence-electron chi connectivity index (χ2n) is 5.76. The molecule has 20 heavy (non-hydrogen) atoms. The summed E-state index contributed by atoms with van der Waals surface area (Å²) in [6, 6.07) is 8.99. The van der Waals surface area contributed by atoms with Crippen LogP contribution in [-0.2, 0) is 0 Å². The highest BCUT2D eigenvalue weighted by molar-refractivity contribution is 5.74. The highest BCUT2D eigenvalue weighted by Crippen LogP contribution is 2.28. The van der Waals surface area contributed by atoms with Gasteiger partial charge in [-0.25, -0.2) is 4.98 Å². The Morgan fingerprint density at radius 2 is 1.90 bits per heavy atom. The van der Waals surface area contributed by atoms with E-state index in [0.29, 0.717) is 18.0 Å². The van der Waals surface area contributed by atoms with Gasteiger partial charge in [-0.1, -0.05) is 18.6 Å². The van der Waals surface area contributed by atoms with Crippen molar-refractivity contribution in [3.05, 3.63) is 24.3 Å². The maximum Gasteiger partial charge on any atom is 0.243 e. The number of nitrogens with zero attached hydrogens (tertiary/aromatic N) is 4. The Morgan fingerprint density at radius 1 is 1.00 bits per heavy atom. The summed E-state index contributed by atoms with van der Waals surface area (Å²) >= 11 is 0. The molecule has 0 saturated carbocycles. The molecule has 2 fully saturated rings. The molecule has 2 unspecified atom stereocenters. The summed E-state index contributed by atoms with van der Waals surface area (Å²) in [5, 5.41) is 12.0. The second-order valence-corrected chi connectivity index (χ2v) is 5.76. The lowest BCUT2D eigenvalue weighted by Gasteiger charge is -2.32. The van der Waals surface area contributed by atoms with E-state index in [0.717, 1.165) is 11.0 Å². The molecule has 0 amide bonds. The third-order valence-corrected chi connectivity index (χ3v) is 4.53. The maximum atomic E-state index is 4.57. The minimum absolute atomic E-state index is 0.471. The first-order valence-corrected chi connectivity index (χ1v) is 7.50. The molecule has 2 aromatic rings. The molecule has 2 aliphatic heterocycles. The predicted octanol–water partition coefficient (Wildman–Crippen LogP) is 2.06. The molecule has 0 radical (unpaired) electrons. The first-order valence-electron chi connectivity index (χ1n) is 7.50. The Morgan fingerprint density at radius 3 is 2.85 bits per heavy atom. The Balaban J connectivity index is 1.55. The molecule has 2 atom stereocenters. The summed E-state index contributed by atoms with van der Waals surface area (Å²) < 4.78 is 0. The van der Waals surface area contributed by atoms with E-state index in [1.807, 2.05) is 24.3 Å². The van der Waals surface area contributed by atoms with Gasteiger partial charge in [0.15, 0.2) is 0 Å². The van der Waals surface area contributed by atoms with Crippen molar-refractivity contribution in [2.75, 3.05) is 18.4 Å². The smallest absolute Gasteiger partial charge is 0.243 e. The third kappa shape index (κ3) is 2.12. The molecule has 4 rings (SSSR count). The first kappa shape index (κ1) is 12.0. The molecule has 5 nitrogen and oxygen atoms in total. The van der Waals surface area contributed by atoms with Crippen LogP contribution in [0.5, 0.6) is 0 Å². The van der Waals surface area contributed by atoms with Crippen LogP contribution in [0.4, 0.5) is 5.95 Å². The zero-order valence-electron chi connectivity index (χ0n) is 11.5. The maximum absolute atomic E-state index is 4.57. The number of aromatic nitrogens is 3. The number of hydrogen-bond donors (Lipinski definition) is 1. The number of anilines is 1. The zero-order valence-corrected chi connectivity index (χ0v) is 11.5. The van der Waals surface area contributed by atoms with E-state index in [2.05, 4.69) is 25.4 Å². The molecular formula is C15H19N5. The number of piperidine rings is 1. The number of fused-ring (bicyclic) bond motifs is 2. The topological polar surface area (TPSA) is 53.9 Å². The van der Waals surface area contributed by atoms with Crippen molar-refractivity contribution in [3.63, 3.8) is 0 Å². The van der Waals surface area contributed by atoms with Crippen LogP contribution in [0.3, 0.4) is 0 Å². The van der Waals surface area contributed by atoms with Gasteiger partial charge in [-0.05, 0) is 37.9 Å². The highest BCUT2D eigenvalue weighted by atomic mass is 15.3. The Kier molecular flexibility index (Phi) is 2.99. The van der Waals surface area contributed by atoms with Crippen LogP contribution < -0.4 is 5.32 Å². The van der Waals surface area contributed by atoms with Crippen molar-refractivity contribution in [3.8, 4) is 0 Å². The summed E-state index contributed by atoms with van der Waals surface area (Å²) in [5.74, 6) is 0.668. The van der Waals surface area contributed by atoms with Crippen LogP contribution in [0.25, 0.3) is 11.0 Å². The number of rotatable bonds is 2. The molecule has 5 heteroatoms. The van der Waals surface area contributed by atoms with Crippen molar-refractivity contribution >= 4 is 17.0 Å². The van der Waals surface area contributed by atoms with Crippen LogP contribution in [0.2, 0.25) is 0 Å². The lowest BCUT2D eigenvalue weighted by molar-refractivity contribution is 0.192. The number of hydrogen-bond acceptors (Lipinski definition) is 5. The van der Waals surface area contributed by atoms with E-state index in [9.17, 15) is 0 Å². The molecule has 0 aliphatic carbocycles. The summed E-state index contributed by atoms with van der Waals surface area (Å²) in [6.45, 7) is 2.45. The van der Waals surface area contributed by atoms with E-state index in [-0.39, 0.29) is 0 Å². The molecule has 1 aromatic heterocycles. The standard InChI is InChI=1S/C15H19N5/c1-2-6-12-11(5-1)16-15(19-18-12)17-13-8-10-20-9-4-3-7-14(13)20/h1-2,5-6,13-14H,3-4,7-10H2,(H,16,17,19). The monoisotopic (exact) mass is 269 g/mol. The van der Waals surface area contributed by atoms with E-state index in [1.165, 1.54) is 38.8 Å². The van der Waals surface area contributed by atoms with Crippen LogP contribution >= 0.6 is 0 Å². The van der Waals surface area contributed by atoms with Gasteiger partial charge in [0.25, 0.3) is 0 Å². The molecule has 104 valence electrons. The van der Waals surface area contributed by atoms with Gasteiger partial charge in [-0.2, -0.15) is 0 Å². The van der Waals surface area contributed by atoms with Gasteiger partial charge in [0.1, 0.15) is 5.52 Å². The van der Waals surface area contributed by atoms with E-state index in [1.54, 1.807) is 0 Å². The number of para-hydroxylation sites is 1. The van der Waals surface area contributed by atoms with Gasteiger partial charge in [-0.3, -0.25) is 4.90 Å². The minimum Gasteiger partial charge on any atom is -0.349 e. The normalized spacial score (nSPS) is 26.6. The zero-order chi connectivity index (χ0) is 13.4. The largest absolute Gasteiger partial charge is 0.349 e. The second kappa shape index (κ2) is 4.98. The van der Waals surface area contributed by atoms with Gasteiger partial charge in [0.05, 0.1) is 5.52 Å². The summed E-state index contributed by atoms with van der Waals surface area (Å²) in [4.78, 5) is 7.18. The molecule has 0 bridgehead atoms.